The third kappa shape index (κ3) is 14.2. The third-order valence-electron chi connectivity index (χ3n) is 4.79. The number of carboxylic acid groups (broad SMARTS) is 2. The van der Waals surface area contributed by atoms with Crippen LogP contribution in [0.2, 0.25) is 0 Å². The Morgan fingerprint density at radius 2 is 1.08 bits per heavy atom. The Morgan fingerprint density at radius 3 is 1.40 bits per heavy atom. The quantitative estimate of drug-likeness (QED) is 0.200. The first-order valence-electron chi connectivity index (χ1n) is 10.1. The van der Waals surface area contributed by atoms with Crippen LogP contribution in [0.3, 0.4) is 0 Å². The summed E-state index contributed by atoms with van der Waals surface area (Å²) >= 11 is 4.09. The van der Waals surface area contributed by atoms with Gasteiger partial charge in [0.25, 0.3) is 0 Å². The molecule has 0 heterocycles. The van der Waals surface area contributed by atoms with Gasteiger partial charge in [-0.1, -0.05) is 96.8 Å². The molecule has 0 aromatic heterocycles. The normalized spacial score (nSPS) is 13.5. The fourth-order valence-corrected chi connectivity index (χ4v) is 3.43. The summed E-state index contributed by atoms with van der Waals surface area (Å²) in [4.78, 5) is 21.9. The highest BCUT2D eigenvalue weighted by molar-refractivity contribution is 7.82. The zero-order valence-corrected chi connectivity index (χ0v) is 16.9. The Balaban J connectivity index is 3.46. The van der Waals surface area contributed by atoms with Crippen LogP contribution in [0.4, 0.5) is 0 Å². The molecule has 0 spiro atoms. The second kappa shape index (κ2) is 15.5. The van der Waals surface area contributed by atoms with Crippen molar-refractivity contribution in [3.8, 4) is 0 Å². The average Bonchev–Trinajstić information content (AvgIpc) is 2.54. The van der Waals surface area contributed by atoms with Crippen LogP contribution in [0.1, 0.15) is 110 Å². The highest BCUT2D eigenvalue weighted by atomic mass is 32.1. The van der Waals surface area contributed by atoms with E-state index >= 15 is 0 Å². The molecule has 0 aliphatic rings. The SMILES string of the molecule is CCCCCCCCCCCCCCCCC(S)(CC(=O)O)C(=O)O. The zero-order valence-electron chi connectivity index (χ0n) is 16.0. The summed E-state index contributed by atoms with van der Waals surface area (Å²) in [5.74, 6) is -2.24. The fraction of sp³-hybridized carbons (Fsp3) is 0.900. The maximum absolute atomic E-state index is 11.2. The number of rotatable bonds is 18. The van der Waals surface area contributed by atoms with E-state index in [0.717, 1.165) is 19.3 Å². The number of carboxylic acids is 2. The van der Waals surface area contributed by atoms with Gasteiger partial charge in [-0.15, -0.1) is 0 Å². The predicted octanol–water partition coefficient (Wildman–Crippen LogP) is 6.09. The van der Waals surface area contributed by atoms with Crippen molar-refractivity contribution in [2.75, 3.05) is 0 Å². The maximum atomic E-state index is 11.2. The lowest BCUT2D eigenvalue weighted by Crippen LogP contribution is -2.35. The van der Waals surface area contributed by atoms with Gasteiger partial charge in [0, 0.05) is 0 Å². The van der Waals surface area contributed by atoms with Crippen LogP contribution in [-0.2, 0) is 9.59 Å². The number of thiol groups is 1. The molecule has 0 rings (SSSR count). The second-order valence-corrected chi connectivity index (χ2v) is 8.11. The first-order valence-corrected chi connectivity index (χ1v) is 10.5. The molecule has 0 aliphatic heterocycles. The molecule has 0 aromatic rings. The molecule has 2 N–H and O–H groups in total. The van der Waals surface area contributed by atoms with Gasteiger partial charge in [0.15, 0.2) is 0 Å². The van der Waals surface area contributed by atoms with E-state index in [2.05, 4.69) is 19.6 Å². The van der Waals surface area contributed by atoms with E-state index in [0.29, 0.717) is 6.42 Å². The number of aliphatic carboxylic acids is 2. The molecule has 0 aromatic carbocycles. The van der Waals surface area contributed by atoms with E-state index in [-0.39, 0.29) is 0 Å². The summed E-state index contributed by atoms with van der Waals surface area (Å²) in [5, 5.41) is 17.9. The molecule has 0 aliphatic carbocycles. The van der Waals surface area contributed by atoms with Crippen LogP contribution in [-0.4, -0.2) is 26.9 Å². The van der Waals surface area contributed by atoms with Gasteiger partial charge in [-0.25, -0.2) is 0 Å². The molecule has 0 amide bonds. The van der Waals surface area contributed by atoms with Gasteiger partial charge in [0.05, 0.1) is 6.42 Å². The molecular weight excluding hydrogens is 336 g/mol. The fourth-order valence-electron chi connectivity index (χ4n) is 3.13. The Labute approximate surface area is 159 Å². The van der Waals surface area contributed by atoms with Crippen LogP contribution >= 0.6 is 12.6 Å². The van der Waals surface area contributed by atoms with Gasteiger partial charge in [-0.3, -0.25) is 9.59 Å². The minimum absolute atomic E-state index is 0.315. The minimum Gasteiger partial charge on any atom is -0.481 e. The lowest BCUT2D eigenvalue weighted by molar-refractivity contribution is -0.146. The largest absolute Gasteiger partial charge is 0.481 e. The molecule has 1 unspecified atom stereocenters. The summed E-state index contributed by atoms with van der Waals surface area (Å²) in [6.45, 7) is 2.25. The minimum atomic E-state index is -1.43. The van der Waals surface area contributed by atoms with Crippen molar-refractivity contribution in [3.63, 3.8) is 0 Å². The van der Waals surface area contributed by atoms with Crippen molar-refractivity contribution in [1.29, 1.82) is 0 Å². The van der Waals surface area contributed by atoms with Gasteiger partial charge in [0.2, 0.25) is 0 Å². The van der Waals surface area contributed by atoms with E-state index in [1.807, 2.05) is 0 Å². The topological polar surface area (TPSA) is 74.6 Å². The molecule has 0 fully saturated rings. The van der Waals surface area contributed by atoms with Crippen LogP contribution < -0.4 is 0 Å². The Kier molecular flexibility index (Phi) is 15.1. The number of carbonyl (C=O) groups is 2. The first kappa shape index (κ1) is 24.3. The van der Waals surface area contributed by atoms with Crippen molar-refractivity contribution in [1.82, 2.24) is 0 Å². The number of hydrogen-bond acceptors (Lipinski definition) is 3. The van der Waals surface area contributed by atoms with Crippen molar-refractivity contribution in [3.05, 3.63) is 0 Å². The lowest BCUT2D eigenvalue weighted by Gasteiger charge is -2.21. The Hall–Kier alpha value is -0.710. The maximum Gasteiger partial charge on any atom is 0.320 e. The molecule has 4 nitrogen and oxygen atoms in total. The van der Waals surface area contributed by atoms with Crippen molar-refractivity contribution in [2.24, 2.45) is 0 Å². The van der Waals surface area contributed by atoms with Gasteiger partial charge in [-0.05, 0) is 6.42 Å². The lowest BCUT2D eigenvalue weighted by atomic mass is 9.96. The van der Waals surface area contributed by atoms with Gasteiger partial charge >= 0.3 is 11.9 Å². The van der Waals surface area contributed by atoms with Crippen LogP contribution in [0.15, 0.2) is 0 Å². The second-order valence-electron chi connectivity index (χ2n) is 7.25. The molecule has 0 saturated carbocycles. The van der Waals surface area contributed by atoms with Crippen molar-refractivity contribution < 1.29 is 19.8 Å². The highest BCUT2D eigenvalue weighted by Gasteiger charge is 2.36. The van der Waals surface area contributed by atoms with Crippen LogP contribution in [0.25, 0.3) is 0 Å². The standard InChI is InChI=1S/C20H38O4S/c1-2-3-4-5-6-7-8-9-10-11-12-13-14-15-16-20(25,19(23)24)17-18(21)22/h25H,2-17H2,1H3,(H,21,22)(H,23,24). The average molecular weight is 375 g/mol. The summed E-state index contributed by atoms with van der Waals surface area (Å²) in [5.41, 5.74) is 0. The van der Waals surface area contributed by atoms with E-state index in [1.165, 1.54) is 70.6 Å². The molecular formula is C20H38O4S. The van der Waals surface area contributed by atoms with Crippen molar-refractivity contribution in [2.45, 2.75) is 114 Å². The summed E-state index contributed by atoms with van der Waals surface area (Å²) in [7, 11) is 0. The van der Waals surface area contributed by atoms with Gasteiger partial charge in [-0.2, -0.15) is 12.6 Å². The zero-order chi connectivity index (χ0) is 19.0. The number of unbranched alkanes of at least 4 members (excludes halogenated alkanes) is 13. The Bertz CT molecular complexity index is 360. The van der Waals surface area contributed by atoms with E-state index in [1.54, 1.807) is 0 Å². The summed E-state index contributed by atoms with van der Waals surface area (Å²) in [6, 6.07) is 0. The smallest absolute Gasteiger partial charge is 0.320 e. The van der Waals surface area contributed by atoms with E-state index in [9.17, 15) is 9.59 Å². The third-order valence-corrected chi connectivity index (χ3v) is 5.36. The van der Waals surface area contributed by atoms with Crippen LogP contribution in [0.5, 0.6) is 0 Å². The molecule has 1 atom stereocenters. The molecule has 0 saturated heterocycles. The first-order chi connectivity index (χ1) is 11.9. The molecule has 5 heteroatoms. The summed E-state index contributed by atoms with van der Waals surface area (Å²) in [6.07, 6.45) is 17.3. The van der Waals surface area contributed by atoms with Crippen LogP contribution in [0, 0.1) is 0 Å². The molecule has 25 heavy (non-hydrogen) atoms. The molecule has 0 radical (unpaired) electrons. The van der Waals surface area contributed by atoms with Gasteiger partial charge in [0.1, 0.15) is 4.75 Å². The summed E-state index contributed by atoms with van der Waals surface area (Å²) < 4.78 is -1.43. The van der Waals surface area contributed by atoms with E-state index < -0.39 is 23.1 Å². The van der Waals surface area contributed by atoms with E-state index in [4.69, 9.17) is 10.2 Å². The molecule has 0 bridgehead atoms. The molecule has 148 valence electrons. The monoisotopic (exact) mass is 374 g/mol. The van der Waals surface area contributed by atoms with Gasteiger partial charge < -0.3 is 10.2 Å². The predicted molar refractivity (Wildman–Crippen MR) is 107 cm³/mol. The Morgan fingerprint density at radius 1 is 0.720 bits per heavy atom. The highest BCUT2D eigenvalue weighted by Crippen LogP contribution is 2.27. The van der Waals surface area contributed by atoms with Crippen molar-refractivity contribution >= 4 is 24.6 Å². The number of hydrogen-bond donors (Lipinski definition) is 3.